The molecule has 1 saturated heterocycles. The van der Waals surface area contributed by atoms with Crippen molar-refractivity contribution in [1.82, 2.24) is 10.2 Å². The number of carbonyl (C=O) groups excluding carboxylic acids is 2. The Kier molecular flexibility index (Phi) is 5.17. The fourth-order valence-electron chi connectivity index (χ4n) is 3.40. The van der Waals surface area contributed by atoms with Crippen LogP contribution in [-0.4, -0.2) is 28.8 Å². The Labute approximate surface area is 148 Å². The third-order valence-corrected chi connectivity index (χ3v) is 4.61. The van der Waals surface area contributed by atoms with Crippen LogP contribution in [0.5, 0.6) is 0 Å². The van der Waals surface area contributed by atoms with E-state index in [1.165, 1.54) is 0 Å². The molecule has 2 aromatic rings. The molecule has 0 saturated carbocycles. The lowest BCUT2D eigenvalue weighted by molar-refractivity contribution is -0.151. The van der Waals surface area contributed by atoms with Gasteiger partial charge in [0.05, 0.1) is 0 Å². The van der Waals surface area contributed by atoms with E-state index in [1.54, 1.807) is 4.90 Å². The van der Waals surface area contributed by atoms with Gasteiger partial charge in [0.25, 0.3) is 0 Å². The minimum absolute atomic E-state index is 0.00833. The maximum absolute atomic E-state index is 13.1. The Morgan fingerprint density at radius 1 is 0.920 bits per heavy atom. The fraction of sp³-hybridized carbons (Fsp3) is 0.333. The zero-order chi connectivity index (χ0) is 17.8. The first-order valence-corrected chi connectivity index (χ1v) is 8.75. The molecule has 2 aromatic carbocycles. The van der Waals surface area contributed by atoms with E-state index in [2.05, 4.69) is 5.32 Å². The van der Waals surface area contributed by atoms with Crippen molar-refractivity contribution in [3.8, 4) is 0 Å². The van der Waals surface area contributed by atoms with Gasteiger partial charge in [-0.25, -0.2) is 0 Å². The van der Waals surface area contributed by atoms with Crippen molar-refractivity contribution < 1.29 is 9.59 Å². The van der Waals surface area contributed by atoms with Crippen LogP contribution in [0.2, 0.25) is 0 Å². The number of hydrogen-bond acceptors (Lipinski definition) is 2. The van der Waals surface area contributed by atoms with Gasteiger partial charge in [0.1, 0.15) is 12.1 Å². The van der Waals surface area contributed by atoms with E-state index in [0.29, 0.717) is 13.0 Å². The van der Waals surface area contributed by atoms with Crippen LogP contribution in [0.4, 0.5) is 0 Å². The topological polar surface area (TPSA) is 49.4 Å². The molecule has 1 aliphatic rings. The Morgan fingerprint density at radius 2 is 1.48 bits per heavy atom. The molecule has 0 bridgehead atoms. The van der Waals surface area contributed by atoms with E-state index in [9.17, 15) is 9.59 Å². The van der Waals surface area contributed by atoms with Gasteiger partial charge in [-0.05, 0) is 17.0 Å². The molecule has 0 radical (unpaired) electrons. The largest absolute Gasteiger partial charge is 0.342 e. The fourth-order valence-corrected chi connectivity index (χ4v) is 3.40. The summed E-state index contributed by atoms with van der Waals surface area (Å²) in [6, 6.07) is 18.7. The number of piperazine rings is 1. The van der Waals surface area contributed by atoms with Gasteiger partial charge in [0, 0.05) is 13.0 Å². The Balaban J connectivity index is 1.84. The smallest absolute Gasteiger partial charge is 0.246 e. The second-order valence-corrected chi connectivity index (χ2v) is 6.89. The average Bonchev–Trinajstić information content (AvgIpc) is 2.60. The number of amides is 2. The summed E-state index contributed by atoms with van der Waals surface area (Å²) < 4.78 is 0. The zero-order valence-electron chi connectivity index (χ0n) is 14.7. The number of rotatable bonds is 5. The minimum Gasteiger partial charge on any atom is -0.342 e. The average molecular weight is 336 g/mol. The monoisotopic (exact) mass is 336 g/mol. The van der Waals surface area contributed by atoms with Crippen LogP contribution in [0.3, 0.4) is 0 Å². The normalized spacial score (nSPS) is 20.7. The van der Waals surface area contributed by atoms with Crippen LogP contribution in [0.25, 0.3) is 0 Å². The maximum atomic E-state index is 13.1. The van der Waals surface area contributed by atoms with Crippen molar-refractivity contribution in [1.29, 1.82) is 0 Å². The first-order chi connectivity index (χ1) is 12.1. The summed E-state index contributed by atoms with van der Waals surface area (Å²) in [5, 5.41) is 2.93. The van der Waals surface area contributed by atoms with E-state index < -0.39 is 12.1 Å². The minimum atomic E-state index is -0.506. The summed E-state index contributed by atoms with van der Waals surface area (Å²) in [6.45, 7) is 4.42. The molecule has 4 heteroatoms. The van der Waals surface area contributed by atoms with Gasteiger partial charge in [-0.1, -0.05) is 74.5 Å². The van der Waals surface area contributed by atoms with Crippen molar-refractivity contribution in [2.75, 3.05) is 0 Å². The summed E-state index contributed by atoms with van der Waals surface area (Å²) >= 11 is 0. The Bertz CT molecular complexity index is 728. The van der Waals surface area contributed by atoms with Crippen LogP contribution in [0.1, 0.15) is 25.0 Å². The highest BCUT2D eigenvalue weighted by atomic mass is 16.2. The lowest BCUT2D eigenvalue weighted by Crippen LogP contribution is -2.64. The number of hydrogen-bond donors (Lipinski definition) is 1. The number of benzene rings is 2. The van der Waals surface area contributed by atoms with Crippen LogP contribution in [0, 0.1) is 5.92 Å². The predicted octanol–water partition coefficient (Wildman–Crippen LogP) is 2.78. The zero-order valence-corrected chi connectivity index (χ0v) is 14.7. The van der Waals surface area contributed by atoms with Gasteiger partial charge in [0.2, 0.25) is 11.8 Å². The molecule has 2 amide bonds. The van der Waals surface area contributed by atoms with Gasteiger partial charge >= 0.3 is 0 Å². The van der Waals surface area contributed by atoms with E-state index in [0.717, 1.165) is 11.1 Å². The van der Waals surface area contributed by atoms with Crippen molar-refractivity contribution in [2.24, 2.45) is 5.92 Å². The van der Waals surface area contributed by atoms with Crippen LogP contribution in [-0.2, 0) is 22.6 Å². The molecule has 1 heterocycles. The molecule has 4 nitrogen and oxygen atoms in total. The molecule has 1 fully saturated rings. The van der Waals surface area contributed by atoms with Gasteiger partial charge < -0.3 is 10.2 Å². The molecule has 0 aromatic heterocycles. The summed E-state index contributed by atoms with van der Waals surface area (Å²) in [5.41, 5.74) is 2.08. The summed E-state index contributed by atoms with van der Waals surface area (Å²) in [5.74, 6) is -0.0113. The molecule has 130 valence electrons. The van der Waals surface area contributed by atoms with Crippen molar-refractivity contribution in [3.63, 3.8) is 0 Å². The van der Waals surface area contributed by atoms with Crippen LogP contribution >= 0.6 is 0 Å². The third kappa shape index (κ3) is 3.90. The number of nitrogens with zero attached hydrogens (tertiary/aromatic N) is 1. The molecular weight excluding hydrogens is 312 g/mol. The second-order valence-electron chi connectivity index (χ2n) is 6.89. The number of carbonyl (C=O) groups is 2. The first-order valence-electron chi connectivity index (χ1n) is 8.75. The summed E-state index contributed by atoms with van der Waals surface area (Å²) in [4.78, 5) is 27.5. The molecule has 1 aliphatic heterocycles. The number of nitrogens with one attached hydrogen (secondary N) is 1. The van der Waals surface area contributed by atoms with Gasteiger partial charge in [-0.2, -0.15) is 0 Å². The highest BCUT2D eigenvalue weighted by Gasteiger charge is 2.41. The SMILES string of the molecule is CC(C)C1C(=O)N[C@@H](Cc2ccccc2)C(=O)N1Cc1ccccc1. The van der Waals surface area contributed by atoms with Crippen molar-refractivity contribution in [2.45, 2.75) is 38.9 Å². The third-order valence-electron chi connectivity index (χ3n) is 4.61. The molecule has 2 atom stereocenters. The maximum Gasteiger partial charge on any atom is 0.246 e. The molecule has 25 heavy (non-hydrogen) atoms. The van der Waals surface area contributed by atoms with E-state index in [-0.39, 0.29) is 17.7 Å². The van der Waals surface area contributed by atoms with Crippen LogP contribution in [0.15, 0.2) is 60.7 Å². The van der Waals surface area contributed by atoms with Crippen molar-refractivity contribution >= 4 is 11.8 Å². The molecule has 1 unspecified atom stereocenters. The molecule has 1 N–H and O–H groups in total. The lowest BCUT2D eigenvalue weighted by Gasteiger charge is -2.41. The first kappa shape index (κ1) is 17.2. The molecule has 3 rings (SSSR count). The highest BCUT2D eigenvalue weighted by molar-refractivity contribution is 5.97. The van der Waals surface area contributed by atoms with E-state index >= 15 is 0 Å². The van der Waals surface area contributed by atoms with Gasteiger partial charge in [0.15, 0.2) is 0 Å². The molecular formula is C21H24N2O2. The second kappa shape index (κ2) is 7.51. The Morgan fingerprint density at radius 3 is 2.04 bits per heavy atom. The Hall–Kier alpha value is -2.62. The van der Waals surface area contributed by atoms with Crippen molar-refractivity contribution in [3.05, 3.63) is 71.8 Å². The van der Waals surface area contributed by atoms with E-state index in [4.69, 9.17) is 0 Å². The molecule has 0 aliphatic carbocycles. The standard InChI is InChI=1S/C21H24N2O2/c1-15(2)19-20(24)22-18(13-16-9-5-3-6-10-16)21(25)23(19)14-17-11-7-4-8-12-17/h3-12,15,18-19H,13-14H2,1-2H3,(H,22,24)/t18-,19?/m0/s1. The molecule has 0 spiro atoms. The summed E-state index contributed by atoms with van der Waals surface area (Å²) in [7, 11) is 0. The van der Waals surface area contributed by atoms with Crippen LogP contribution < -0.4 is 5.32 Å². The predicted molar refractivity (Wildman–Crippen MR) is 97.7 cm³/mol. The van der Waals surface area contributed by atoms with E-state index in [1.807, 2.05) is 74.5 Å². The van der Waals surface area contributed by atoms with Gasteiger partial charge in [-0.3, -0.25) is 9.59 Å². The summed E-state index contributed by atoms with van der Waals surface area (Å²) in [6.07, 6.45) is 0.515. The lowest BCUT2D eigenvalue weighted by atomic mass is 9.94. The quantitative estimate of drug-likeness (QED) is 0.913. The van der Waals surface area contributed by atoms with Gasteiger partial charge in [-0.15, -0.1) is 0 Å². The highest BCUT2D eigenvalue weighted by Crippen LogP contribution is 2.22.